The van der Waals surface area contributed by atoms with Crippen molar-refractivity contribution in [3.63, 3.8) is 0 Å². The highest BCUT2D eigenvalue weighted by Gasteiger charge is 2.05. The molecular formula is C19H26N4O2S. The second-order valence-electron chi connectivity index (χ2n) is 5.87. The van der Waals surface area contributed by atoms with Gasteiger partial charge in [-0.25, -0.2) is 18.1 Å². The summed E-state index contributed by atoms with van der Waals surface area (Å²) in [6, 6.07) is 17.9. The SMILES string of the molecule is CCS(=O)(=O)NCCNC(=NCc1ccc(C)cc1)Nc1ccccc1. The van der Waals surface area contributed by atoms with Gasteiger partial charge in [0, 0.05) is 18.8 Å². The average molecular weight is 375 g/mol. The number of hydrogen-bond donors (Lipinski definition) is 3. The number of para-hydroxylation sites is 1. The lowest BCUT2D eigenvalue weighted by atomic mass is 10.1. The number of rotatable bonds is 8. The molecule has 2 aromatic rings. The Hall–Kier alpha value is -2.38. The summed E-state index contributed by atoms with van der Waals surface area (Å²) in [7, 11) is -3.19. The van der Waals surface area contributed by atoms with Crippen LogP contribution in [0.5, 0.6) is 0 Å². The van der Waals surface area contributed by atoms with E-state index >= 15 is 0 Å². The molecule has 7 heteroatoms. The van der Waals surface area contributed by atoms with Crippen molar-refractivity contribution in [2.75, 3.05) is 24.2 Å². The molecule has 0 saturated heterocycles. The lowest BCUT2D eigenvalue weighted by molar-refractivity contribution is 0.582. The van der Waals surface area contributed by atoms with Crippen LogP contribution in [-0.2, 0) is 16.6 Å². The Bertz CT molecular complexity index is 803. The molecule has 3 N–H and O–H groups in total. The Balaban J connectivity index is 1.98. The zero-order valence-corrected chi connectivity index (χ0v) is 16.0. The van der Waals surface area contributed by atoms with Crippen LogP contribution in [0, 0.1) is 6.92 Å². The molecule has 0 aliphatic rings. The van der Waals surface area contributed by atoms with E-state index in [1.54, 1.807) is 6.92 Å². The van der Waals surface area contributed by atoms with Gasteiger partial charge in [0.05, 0.1) is 12.3 Å². The number of aliphatic imine (C=N–C) groups is 1. The van der Waals surface area contributed by atoms with E-state index in [1.165, 1.54) is 5.56 Å². The lowest BCUT2D eigenvalue weighted by Crippen LogP contribution is -2.38. The smallest absolute Gasteiger partial charge is 0.211 e. The minimum absolute atomic E-state index is 0.0731. The van der Waals surface area contributed by atoms with Crippen LogP contribution in [0.25, 0.3) is 0 Å². The number of benzene rings is 2. The first-order valence-electron chi connectivity index (χ1n) is 8.62. The van der Waals surface area contributed by atoms with Gasteiger partial charge in [0.2, 0.25) is 10.0 Å². The molecule has 0 aliphatic carbocycles. The van der Waals surface area contributed by atoms with Crippen molar-refractivity contribution in [1.82, 2.24) is 10.0 Å². The number of sulfonamides is 1. The van der Waals surface area contributed by atoms with Gasteiger partial charge in [-0.15, -0.1) is 0 Å². The third kappa shape index (κ3) is 7.25. The fourth-order valence-corrected chi connectivity index (χ4v) is 2.77. The van der Waals surface area contributed by atoms with Crippen molar-refractivity contribution >= 4 is 21.7 Å². The molecule has 6 nitrogen and oxygen atoms in total. The first-order chi connectivity index (χ1) is 12.5. The highest BCUT2D eigenvalue weighted by atomic mass is 32.2. The molecule has 140 valence electrons. The maximum atomic E-state index is 11.5. The summed E-state index contributed by atoms with van der Waals surface area (Å²) in [5, 5.41) is 6.39. The number of aryl methyl sites for hydroxylation is 1. The zero-order valence-electron chi connectivity index (χ0n) is 15.2. The third-order valence-electron chi connectivity index (χ3n) is 3.70. The van der Waals surface area contributed by atoms with Gasteiger partial charge in [-0.1, -0.05) is 48.0 Å². The molecule has 0 spiro atoms. The fourth-order valence-electron chi connectivity index (χ4n) is 2.15. The molecule has 0 aromatic heterocycles. The second kappa shape index (κ2) is 9.94. The Morgan fingerprint density at radius 2 is 1.69 bits per heavy atom. The van der Waals surface area contributed by atoms with Gasteiger partial charge in [-0.2, -0.15) is 0 Å². The van der Waals surface area contributed by atoms with Crippen molar-refractivity contribution in [3.05, 3.63) is 65.7 Å². The maximum absolute atomic E-state index is 11.5. The standard InChI is InChI=1S/C19H26N4O2S/c1-3-26(24,25)22-14-13-20-19(23-18-7-5-4-6-8-18)21-15-17-11-9-16(2)10-12-17/h4-12,22H,3,13-15H2,1-2H3,(H2,20,21,23). The minimum atomic E-state index is -3.19. The minimum Gasteiger partial charge on any atom is -0.355 e. The number of nitrogens with zero attached hydrogens (tertiary/aromatic N) is 1. The van der Waals surface area contributed by atoms with Gasteiger partial charge in [0.15, 0.2) is 5.96 Å². The second-order valence-corrected chi connectivity index (χ2v) is 7.96. The van der Waals surface area contributed by atoms with Crippen LogP contribution in [0.4, 0.5) is 5.69 Å². The average Bonchev–Trinajstić information content (AvgIpc) is 2.65. The first kappa shape index (κ1) is 19.9. The van der Waals surface area contributed by atoms with E-state index in [2.05, 4.69) is 32.5 Å². The molecule has 0 saturated carbocycles. The summed E-state index contributed by atoms with van der Waals surface area (Å²) in [5.41, 5.74) is 3.23. The Kier molecular flexibility index (Phi) is 7.62. The largest absolute Gasteiger partial charge is 0.355 e. The molecule has 0 radical (unpaired) electrons. The fraction of sp³-hybridized carbons (Fsp3) is 0.316. The van der Waals surface area contributed by atoms with Crippen molar-refractivity contribution in [2.45, 2.75) is 20.4 Å². The first-order valence-corrected chi connectivity index (χ1v) is 10.3. The molecule has 2 rings (SSSR count). The Morgan fingerprint density at radius 3 is 2.35 bits per heavy atom. The molecule has 0 aliphatic heterocycles. The summed E-state index contributed by atoms with van der Waals surface area (Å²) in [4.78, 5) is 4.59. The topological polar surface area (TPSA) is 82.6 Å². The van der Waals surface area contributed by atoms with Crippen LogP contribution in [0.15, 0.2) is 59.6 Å². The number of nitrogens with one attached hydrogen (secondary N) is 3. The predicted octanol–water partition coefficient (Wildman–Crippen LogP) is 2.49. The maximum Gasteiger partial charge on any atom is 0.211 e. The van der Waals surface area contributed by atoms with E-state index < -0.39 is 10.0 Å². The van der Waals surface area contributed by atoms with E-state index in [4.69, 9.17) is 0 Å². The highest BCUT2D eigenvalue weighted by molar-refractivity contribution is 7.89. The normalized spacial score (nSPS) is 12.0. The predicted molar refractivity (Wildman–Crippen MR) is 108 cm³/mol. The number of anilines is 1. The van der Waals surface area contributed by atoms with Crippen LogP contribution in [0.2, 0.25) is 0 Å². The van der Waals surface area contributed by atoms with Gasteiger partial charge < -0.3 is 10.6 Å². The summed E-state index contributed by atoms with van der Waals surface area (Å²) in [6.07, 6.45) is 0. The molecular weight excluding hydrogens is 348 g/mol. The molecule has 0 bridgehead atoms. The molecule has 0 amide bonds. The van der Waals surface area contributed by atoms with Crippen molar-refractivity contribution in [2.24, 2.45) is 4.99 Å². The van der Waals surface area contributed by atoms with Crippen molar-refractivity contribution in [3.8, 4) is 0 Å². The monoisotopic (exact) mass is 374 g/mol. The quantitative estimate of drug-likeness (QED) is 0.377. The Labute approximate surface area is 155 Å². The van der Waals surface area contributed by atoms with E-state index in [9.17, 15) is 8.42 Å². The van der Waals surface area contributed by atoms with E-state index in [1.807, 2.05) is 49.4 Å². The summed E-state index contributed by atoms with van der Waals surface area (Å²) >= 11 is 0. The van der Waals surface area contributed by atoms with Crippen LogP contribution in [0.1, 0.15) is 18.1 Å². The highest BCUT2D eigenvalue weighted by Crippen LogP contribution is 2.07. The van der Waals surface area contributed by atoms with Gasteiger partial charge >= 0.3 is 0 Å². The molecule has 0 unspecified atom stereocenters. The lowest BCUT2D eigenvalue weighted by Gasteiger charge is -2.13. The summed E-state index contributed by atoms with van der Waals surface area (Å²) in [6.45, 7) is 4.93. The van der Waals surface area contributed by atoms with Crippen LogP contribution in [-0.4, -0.2) is 33.2 Å². The van der Waals surface area contributed by atoms with Crippen LogP contribution < -0.4 is 15.4 Å². The van der Waals surface area contributed by atoms with Gasteiger partial charge in [0.25, 0.3) is 0 Å². The molecule has 0 heterocycles. The molecule has 0 fully saturated rings. The summed E-state index contributed by atoms with van der Waals surface area (Å²) in [5.74, 6) is 0.677. The van der Waals surface area contributed by atoms with Gasteiger partial charge in [-0.05, 0) is 31.5 Å². The van der Waals surface area contributed by atoms with E-state index in [0.717, 1.165) is 11.3 Å². The van der Waals surface area contributed by atoms with E-state index in [0.29, 0.717) is 25.6 Å². The van der Waals surface area contributed by atoms with Crippen LogP contribution >= 0.6 is 0 Å². The molecule has 0 atom stereocenters. The third-order valence-corrected chi connectivity index (χ3v) is 5.10. The van der Waals surface area contributed by atoms with E-state index in [-0.39, 0.29) is 5.75 Å². The van der Waals surface area contributed by atoms with Gasteiger partial charge in [-0.3, -0.25) is 0 Å². The van der Waals surface area contributed by atoms with Crippen molar-refractivity contribution in [1.29, 1.82) is 0 Å². The van der Waals surface area contributed by atoms with Gasteiger partial charge in [0.1, 0.15) is 0 Å². The summed E-state index contributed by atoms with van der Waals surface area (Å²) < 4.78 is 25.5. The Morgan fingerprint density at radius 1 is 1.00 bits per heavy atom. The number of hydrogen-bond acceptors (Lipinski definition) is 3. The molecule has 26 heavy (non-hydrogen) atoms. The molecule has 2 aromatic carbocycles. The van der Waals surface area contributed by atoms with Crippen molar-refractivity contribution < 1.29 is 8.42 Å². The van der Waals surface area contributed by atoms with Crippen LogP contribution in [0.3, 0.4) is 0 Å². The zero-order chi connectivity index (χ0) is 18.8. The number of guanidine groups is 1.